The van der Waals surface area contributed by atoms with Gasteiger partial charge in [0.1, 0.15) is 35.5 Å². The summed E-state index contributed by atoms with van der Waals surface area (Å²) in [4.78, 5) is 22.9. The molecule has 0 saturated carbocycles. The summed E-state index contributed by atoms with van der Waals surface area (Å²) < 4.78 is 51.9. The van der Waals surface area contributed by atoms with Crippen molar-refractivity contribution in [2.24, 2.45) is 0 Å². The number of carbonyl (C=O) groups excluding carboxylic acids is 1. The van der Waals surface area contributed by atoms with E-state index in [1.165, 1.54) is 30.0 Å². The van der Waals surface area contributed by atoms with Crippen LogP contribution in [0.2, 0.25) is 0 Å². The molecule has 2 aromatic heterocycles. The van der Waals surface area contributed by atoms with Crippen LogP contribution in [0.3, 0.4) is 0 Å². The van der Waals surface area contributed by atoms with Gasteiger partial charge < -0.3 is 30.2 Å². The quantitative estimate of drug-likeness (QED) is 0.133. The molecule has 1 unspecified atom stereocenters. The summed E-state index contributed by atoms with van der Waals surface area (Å²) in [5.41, 5.74) is 6.31. The van der Waals surface area contributed by atoms with E-state index in [-0.39, 0.29) is 17.3 Å². The van der Waals surface area contributed by atoms with E-state index >= 15 is 0 Å². The second kappa shape index (κ2) is 12.4. The summed E-state index contributed by atoms with van der Waals surface area (Å²) in [6, 6.07) is 7.01. The standard InChI is InChI=1S/C24H32ClFN7O7P/c1-13(2)38-21(35)14(3)32-41(36,40-15-8-6-5-7-9-15)37-10-16-18(34)24(25,11-26)22(39-16)33-12-29-17-19(28-4)30-23(27)31-20(17)33/h5-9,12-14,16,18,22,34H,10-11H2,1-4H3,(H,32,36)(H3,27,28,30,31)/t14-,16+,18+,22+,24+,41?/m0/s1. The minimum Gasteiger partial charge on any atom is -0.462 e. The molecule has 3 heterocycles. The molecule has 0 radical (unpaired) electrons. The zero-order valence-electron chi connectivity index (χ0n) is 22.7. The fraction of sp³-hybridized carbons (Fsp3) is 0.500. The second-order valence-electron chi connectivity index (χ2n) is 9.57. The molecule has 5 N–H and O–H groups in total. The van der Waals surface area contributed by atoms with Crippen molar-refractivity contribution in [2.75, 3.05) is 31.4 Å². The highest BCUT2D eigenvalue weighted by Gasteiger charge is 2.57. The SMILES string of the molecule is CNc1nc(N)nc2c1ncn2[C@@H]1O[C@H](COP(=O)(N[C@@H](C)C(=O)OC(C)C)Oc2ccccc2)[C@@H](O)[C@]1(Cl)CF. The van der Waals surface area contributed by atoms with Gasteiger partial charge in [0.25, 0.3) is 0 Å². The van der Waals surface area contributed by atoms with Crippen molar-refractivity contribution < 1.29 is 37.4 Å². The number of nitrogens with zero attached hydrogens (tertiary/aromatic N) is 4. The molecule has 1 aliphatic rings. The molecule has 17 heteroatoms. The normalized spacial score (nSPS) is 24.7. The lowest BCUT2D eigenvalue weighted by Crippen LogP contribution is -2.44. The van der Waals surface area contributed by atoms with E-state index in [4.69, 9.17) is 35.9 Å². The van der Waals surface area contributed by atoms with E-state index in [1.807, 2.05) is 0 Å². The van der Waals surface area contributed by atoms with Crippen LogP contribution in [0.5, 0.6) is 5.75 Å². The van der Waals surface area contributed by atoms with Gasteiger partial charge in [-0.05, 0) is 32.9 Å². The molecule has 0 amide bonds. The number of fused-ring (bicyclic) bond motifs is 1. The van der Waals surface area contributed by atoms with Gasteiger partial charge in [0.05, 0.1) is 19.0 Å². The average Bonchev–Trinajstić information content (AvgIpc) is 3.45. The maximum absolute atomic E-state index is 14.4. The Bertz CT molecular complexity index is 1420. The highest BCUT2D eigenvalue weighted by molar-refractivity contribution is 7.52. The molecular weight excluding hydrogens is 584 g/mol. The number of nitrogen functional groups attached to an aromatic ring is 1. The Labute approximate surface area is 240 Å². The van der Waals surface area contributed by atoms with Gasteiger partial charge in [-0.1, -0.05) is 18.2 Å². The lowest BCUT2D eigenvalue weighted by molar-refractivity contribution is -0.149. The number of esters is 1. The Morgan fingerprint density at radius 1 is 1.32 bits per heavy atom. The molecule has 1 saturated heterocycles. The number of benzene rings is 1. The van der Waals surface area contributed by atoms with Crippen LogP contribution in [0.25, 0.3) is 11.2 Å². The van der Waals surface area contributed by atoms with Crippen molar-refractivity contribution in [1.82, 2.24) is 24.6 Å². The Morgan fingerprint density at radius 2 is 2.02 bits per heavy atom. The summed E-state index contributed by atoms with van der Waals surface area (Å²) in [6.07, 6.45) is -3.37. The fourth-order valence-electron chi connectivity index (χ4n) is 4.17. The number of nitrogens with one attached hydrogen (secondary N) is 2. The average molecular weight is 616 g/mol. The molecule has 1 fully saturated rings. The van der Waals surface area contributed by atoms with Crippen LogP contribution < -0.4 is 20.7 Å². The molecule has 1 aromatic carbocycles. The number of hydrogen-bond acceptors (Lipinski definition) is 12. The van der Waals surface area contributed by atoms with E-state index in [1.54, 1.807) is 39.1 Å². The number of ether oxygens (including phenoxy) is 2. The molecule has 0 bridgehead atoms. The summed E-state index contributed by atoms with van der Waals surface area (Å²) in [5.74, 6) is -0.279. The Kier molecular flexibility index (Phi) is 9.36. The van der Waals surface area contributed by atoms with Crippen LogP contribution in [0, 0.1) is 0 Å². The lowest BCUT2D eigenvalue weighted by atomic mass is 10.0. The van der Waals surface area contributed by atoms with Gasteiger partial charge in [0.2, 0.25) is 5.95 Å². The largest absolute Gasteiger partial charge is 0.462 e. The summed E-state index contributed by atoms with van der Waals surface area (Å²) in [7, 11) is -2.69. The van der Waals surface area contributed by atoms with Crippen molar-refractivity contribution in [1.29, 1.82) is 0 Å². The van der Waals surface area contributed by atoms with E-state index in [0.29, 0.717) is 11.3 Å². The van der Waals surface area contributed by atoms with Gasteiger partial charge >= 0.3 is 13.7 Å². The van der Waals surface area contributed by atoms with Crippen molar-refractivity contribution in [3.63, 3.8) is 0 Å². The van der Waals surface area contributed by atoms with Gasteiger partial charge in [-0.3, -0.25) is 13.9 Å². The summed E-state index contributed by atoms with van der Waals surface area (Å²) in [6.45, 7) is 2.98. The van der Waals surface area contributed by atoms with Crippen LogP contribution in [-0.4, -0.2) is 80.2 Å². The molecule has 6 atom stereocenters. The monoisotopic (exact) mass is 615 g/mol. The van der Waals surface area contributed by atoms with Gasteiger partial charge in [0.15, 0.2) is 23.2 Å². The maximum Gasteiger partial charge on any atom is 0.459 e. The van der Waals surface area contributed by atoms with Crippen molar-refractivity contribution in [3.05, 3.63) is 36.7 Å². The number of aromatic nitrogens is 4. The van der Waals surface area contributed by atoms with Gasteiger partial charge in [-0.25, -0.2) is 13.9 Å². The molecule has 0 spiro atoms. The highest BCUT2D eigenvalue weighted by atomic mass is 35.5. The van der Waals surface area contributed by atoms with Crippen molar-refractivity contribution in [2.45, 2.75) is 56.2 Å². The van der Waals surface area contributed by atoms with E-state index in [9.17, 15) is 18.9 Å². The zero-order chi connectivity index (χ0) is 29.9. The molecule has 14 nitrogen and oxygen atoms in total. The van der Waals surface area contributed by atoms with E-state index < -0.39 is 62.5 Å². The van der Waals surface area contributed by atoms with E-state index in [2.05, 4.69) is 25.4 Å². The van der Waals surface area contributed by atoms with Crippen LogP contribution in [0.1, 0.15) is 27.0 Å². The lowest BCUT2D eigenvalue weighted by Gasteiger charge is -2.27. The molecule has 3 aromatic rings. The summed E-state index contributed by atoms with van der Waals surface area (Å²) in [5, 5.41) is 16.4. The topological polar surface area (TPSA) is 185 Å². The highest BCUT2D eigenvalue weighted by Crippen LogP contribution is 2.49. The molecule has 224 valence electrons. The number of para-hydroxylation sites is 1. The predicted octanol–water partition coefficient (Wildman–Crippen LogP) is 2.79. The van der Waals surface area contributed by atoms with Crippen LogP contribution >= 0.6 is 19.3 Å². The number of aliphatic hydroxyl groups excluding tert-OH is 1. The van der Waals surface area contributed by atoms with Crippen LogP contribution in [0.4, 0.5) is 16.2 Å². The molecular formula is C24H32ClFN7O7P. The third-order valence-electron chi connectivity index (χ3n) is 6.13. The van der Waals surface area contributed by atoms with E-state index in [0.717, 1.165) is 0 Å². The minimum absolute atomic E-state index is 0.0855. The number of rotatable bonds is 12. The molecule has 1 aliphatic heterocycles. The van der Waals surface area contributed by atoms with Gasteiger partial charge in [0, 0.05) is 7.05 Å². The first-order valence-electron chi connectivity index (χ1n) is 12.6. The number of nitrogens with two attached hydrogens (primary N) is 1. The fourth-order valence-corrected chi connectivity index (χ4v) is 5.96. The van der Waals surface area contributed by atoms with Crippen LogP contribution in [0.15, 0.2) is 36.7 Å². The van der Waals surface area contributed by atoms with Crippen molar-refractivity contribution in [3.8, 4) is 5.75 Å². The van der Waals surface area contributed by atoms with Gasteiger partial charge in [-0.2, -0.15) is 15.1 Å². The number of halogens is 2. The molecule has 41 heavy (non-hydrogen) atoms. The Morgan fingerprint density at radius 3 is 2.66 bits per heavy atom. The van der Waals surface area contributed by atoms with Crippen molar-refractivity contribution >= 4 is 48.2 Å². The first kappa shape index (κ1) is 30.9. The number of alkyl halides is 2. The number of anilines is 2. The zero-order valence-corrected chi connectivity index (χ0v) is 24.4. The summed E-state index contributed by atoms with van der Waals surface area (Å²) >= 11 is 6.60. The number of aliphatic hydroxyl groups is 1. The third kappa shape index (κ3) is 6.55. The van der Waals surface area contributed by atoms with Gasteiger partial charge in [-0.15, -0.1) is 11.6 Å². The first-order chi connectivity index (χ1) is 19.4. The Balaban J connectivity index is 1.59. The second-order valence-corrected chi connectivity index (χ2v) is 12.0. The molecule has 0 aliphatic carbocycles. The van der Waals surface area contributed by atoms with Crippen LogP contribution in [-0.2, 0) is 23.4 Å². The number of carbonyl (C=O) groups is 1. The minimum atomic E-state index is -4.30. The maximum atomic E-state index is 14.4. The molecule has 4 rings (SSSR count). The Hall–Kier alpha value is -3.07. The number of imidazole rings is 1. The first-order valence-corrected chi connectivity index (χ1v) is 14.6. The predicted molar refractivity (Wildman–Crippen MR) is 148 cm³/mol. The number of hydrogen-bond donors (Lipinski definition) is 4. The smallest absolute Gasteiger partial charge is 0.459 e. The third-order valence-corrected chi connectivity index (χ3v) is 8.28.